The van der Waals surface area contributed by atoms with Crippen LogP contribution in [0.2, 0.25) is 0 Å². The van der Waals surface area contributed by atoms with Crippen LogP contribution in [0.3, 0.4) is 0 Å². The quantitative estimate of drug-likeness (QED) is 0.772. The highest BCUT2D eigenvalue weighted by atomic mass is 127. The molecule has 3 nitrogen and oxygen atoms in total. The van der Waals surface area contributed by atoms with Gasteiger partial charge in [0.25, 0.3) is 5.56 Å². The standard InChI is InChI=1S/C8H7Cl2IN2O/c1-5-7(11)8(14)13(4-12-5)3-6(10)2-9/h2,4H,3H2,1H3. The van der Waals surface area contributed by atoms with E-state index < -0.39 is 0 Å². The zero-order valence-electron chi connectivity index (χ0n) is 7.30. The zero-order valence-corrected chi connectivity index (χ0v) is 11.0. The Kier molecular flexibility index (Phi) is 4.40. The summed E-state index contributed by atoms with van der Waals surface area (Å²) < 4.78 is 2.01. The van der Waals surface area contributed by atoms with Crippen LogP contribution in [0.5, 0.6) is 0 Å². The van der Waals surface area contributed by atoms with Gasteiger partial charge in [0.15, 0.2) is 0 Å². The van der Waals surface area contributed by atoms with Crippen molar-refractivity contribution in [1.29, 1.82) is 0 Å². The Morgan fingerprint density at radius 3 is 3.00 bits per heavy atom. The molecule has 0 aliphatic carbocycles. The maximum Gasteiger partial charge on any atom is 0.267 e. The van der Waals surface area contributed by atoms with Gasteiger partial charge in [-0.1, -0.05) is 23.2 Å². The summed E-state index contributed by atoms with van der Waals surface area (Å²) in [7, 11) is 0. The van der Waals surface area contributed by atoms with Crippen LogP contribution in [0, 0.1) is 10.5 Å². The molecule has 0 aliphatic heterocycles. The minimum absolute atomic E-state index is 0.102. The fourth-order valence-corrected chi connectivity index (χ4v) is 1.50. The lowest BCUT2D eigenvalue weighted by molar-refractivity contribution is 0.732. The molecule has 0 radical (unpaired) electrons. The Morgan fingerprint density at radius 2 is 2.43 bits per heavy atom. The predicted octanol–water partition coefficient (Wildman–Crippen LogP) is 2.48. The van der Waals surface area contributed by atoms with Gasteiger partial charge in [0.05, 0.1) is 22.1 Å². The molecule has 0 N–H and O–H groups in total. The first kappa shape index (κ1) is 12.0. The lowest BCUT2D eigenvalue weighted by Crippen LogP contribution is -2.24. The van der Waals surface area contributed by atoms with Gasteiger partial charge in [0.1, 0.15) is 0 Å². The molecular weight excluding hydrogens is 338 g/mol. The summed E-state index contributed by atoms with van der Waals surface area (Å²) in [6.07, 6.45) is 1.46. The van der Waals surface area contributed by atoms with E-state index in [-0.39, 0.29) is 12.1 Å². The van der Waals surface area contributed by atoms with Gasteiger partial charge in [-0.15, -0.1) is 0 Å². The average molecular weight is 345 g/mol. The van der Waals surface area contributed by atoms with Crippen molar-refractivity contribution >= 4 is 45.8 Å². The SMILES string of the molecule is Cc1ncn(CC(Cl)=CCl)c(=O)c1I. The topological polar surface area (TPSA) is 34.9 Å². The average Bonchev–Trinajstić information content (AvgIpc) is 2.19. The number of rotatable bonds is 2. The molecule has 0 fully saturated rings. The smallest absolute Gasteiger partial charge is 0.267 e. The predicted molar refractivity (Wildman–Crippen MR) is 65.7 cm³/mol. The largest absolute Gasteiger partial charge is 0.293 e. The molecule has 0 saturated heterocycles. The summed E-state index contributed by atoms with van der Waals surface area (Å²) in [5, 5.41) is 0.398. The van der Waals surface area contributed by atoms with Crippen LogP contribution >= 0.6 is 45.8 Å². The van der Waals surface area contributed by atoms with Crippen LogP contribution < -0.4 is 5.56 Å². The second-order valence-electron chi connectivity index (χ2n) is 2.63. The second kappa shape index (κ2) is 5.14. The molecule has 0 unspecified atom stereocenters. The van der Waals surface area contributed by atoms with Crippen molar-refractivity contribution in [3.8, 4) is 0 Å². The van der Waals surface area contributed by atoms with Crippen molar-refractivity contribution in [1.82, 2.24) is 9.55 Å². The minimum atomic E-state index is -0.102. The second-order valence-corrected chi connectivity index (χ2v) is 4.42. The molecule has 0 bridgehead atoms. The van der Waals surface area contributed by atoms with Crippen molar-refractivity contribution in [2.24, 2.45) is 0 Å². The first-order valence-electron chi connectivity index (χ1n) is 3.72. The van der Waals surface area contributed by atoms with Crippen LogP contribution in [0.15, 0.2) is 21.7 Å². The van der Waals surface area contributed by atoms with Gasteiger partial charge < -0.3 is 0 Å². The van der Waals surface area contributed by atoms with Gasteiger partial charge in [-0.25, -0.2) is 4.98 Å². The van der Waals surface area contributed by atoms with E-state index in [1.807, 2.05) is 22.6 Å². The third-order valence-electron chi connectivity index (χ3n) is 1.60. The number of aryl methyl sites for hydroxylation is 1. The number of nitrogens with zero attached hydrogens (tertiary/aromatic N) is 2. The molecule has 0 aliphatic rings. The lowest BCUT2D eigenvalue weighted by Gasteiger charge is -2.05. The minimum Gasteiger partial charge on any atom is -0.293 e. The fraction of sp³-hybridized carbons (Fsp3) is 0.250. The van der Waals surface area contributed by atoms with Crippen LogP contribution in [0.1, 0.15) is 5.69 Å². The van der Waals surface area contributed by atoms with Crippen molar-refractivity contribution in [3.05, 3.63) is 36.5 Å². The van der Waals surface area contributed by atoms with E-state index in [1.54, 1.807) is 6.92 Å². The number of halogens is 3. The van der Waals surface area contributed by atoms with Crippen LogP contribution in [-0.4, -0.2) is 9.55 Å². The van der Waals surface area contributed by atoms with E-state index in [2.05, 4.69) is 4.98 Å². The Labute approximate surface area is 105 Å². The van der Waals surface area contributed by atoms with E-state index >= 15 is 0 Å². The van der Waals surface area contributed by atoms with E-state index in [1.165, 1.54) is 16.4 Å². The van der Waals surface area contributed by atoms with E-state index in [0.717, 1.165) is 5.69 Å². The molecule has 0 aromatic carbocycles. The molecule has 1 rings (SSSR count). The van der Waals surface area contributed by atoms with Gasteiger partial charge in [-0.05, 0) is 29.5 Å². The van der Waals surface area contributed by atoms with Crippen LogP contribution in [0.4, 0.5) is 0 Å². The van der Waals surface area contributed by atoms with Crippen LogP contribution in [-0.2, 0) is 6.54 Å². The van der Waals surface area contributed by atoms with E-state index in [9.17, 15) is 4.79 Å². The summed E-state index contributed by atoms with van der Waals surface area (Å²) in [4.78, 5) is 15.7. The molecule has 0 atom stereocenters. The van der Waals surface area contributed by atoms with Gasteiger partial charge in [0.2, 0.25) is 0 Å². The highest BCUT2D eigenvalue weighted by molar-refractivity contribution is 14.1. The van der Waals surface area contributed by atoms with Crippen LogP contribution in [0.25, 0.3) is 0 Å². The van der Waals surface area contributed by atoms with E-state index in [0.29, 0.717) is 8.60 Å². The molecule has 0 amide bonds. The third-order valence-corrected chi connectivity index (χ3v) is 3.44. The highest BCUT2D eigenvalue weighted by Gasteiger charge is 2.05. The summed E-state index contributed by atoms with van der Waals surface area (Å²) in [5.74, 6) is 0. The maximum atomic E-state index is 11.6. The highest BCUT2D eigenvalue weighted by Crippen LogP contribution is 2.07. The lowest BCUT2D eigenvalue weighted by atomic mass is 10.4. The Balaban J connectivity index is 3.13. The summed E-state index contributed by atoms with van der Waals surface area (Å²) in [5.41, 5.74) is 1.85. The molecule has 0 spiro atoms. The monoisotopic (exact) mass is 344 g/mol. The maximum absolute atomic E-state index is 11.6. The van der Waals surface area contributed by atoms with Gasteiger partial charge in [0, 0.05) is 10.6 Å². The summed E-state index contributed by atoms with van der Waals surface area (Å²) >= 11 is 13.1. The number of allylic oxidation sites excluding steroid dienone is 1. The first-order chi connectivity index (χ1) is 6.56. The molecule has 1 heterocycles. The fourth-order valence-electron chi connectivity index (χ4n) is 0.856. The van der Waals surface area contributed by atoms with E-state index in [4.69, 9.17) is 23.2 Å². The van der Waals surface area contributed by atoms with Gasteiger partial charge >= 0.3 is 0 Å². The summed E-state index contributed by atoms with van der Waals surface area (Å²) in [6.45, 7) is 2.04. The third kappa shape index (κ3) is 2.71. The molecule has 1 aromatic heterocycles. The zero-order chi connectivity index (χ0) is 10.7. The Hall–Kier alpha value is -0.0700. The van der Waals surface area contributed by atoms with Crippen molar-refractivity contribution in [2.45, 2.75) is 13.5 Å². The molecular formula is C8H7Cl2IN2O. The molecule has 14 heavy (non-hydrogen) atoms. The molecule has 6 heteroatoms. The Bertz CT molecular complexity index is 428. The number of hydrogen-bond acceptors (Lipinski definition) is 2. The summed E-state index contributed by atoms with van der Waals surface area (Å²) in [6, 6.07) is 0. The first-order valence-corrected chi connectivity index (χ1v) is 5.62. The van der Waals surface area contributed by atoms with Crippen molar-refractivity contribution in [3.63, 3.8) is 0 Å². The van der Waals surface area contributed by atoms with Crippen molar-refractivity contribution < 1.29 is 0 Å². The molecule has 0 saturated carbocycles. The normalized spacial score (nSPS) is 11.9. The van der Waals surface area contributed by atoms with Crippen molar-refractivity contribution in [2.75, 3.05) is 0 Å². The molecule has 1 aromatic rings. The van der Waals surface area contributed by atoms with Gasteiger partial charge in [-0.2, -0.15) is 0 Å². The number of aromatic nitrogens is 2. The number of hydrogen-bond donors (Lipinski definition) is 0. The molecule has 76 valence electrons. The Morgan fingerprint density at radius 1 is 1.79 bits per heavy atom. The van der Waals surface area contributed by atoms with Gasteiger partial charge in [-0.3, -0.25) is 9.36 Å².